The second-order valence-corrected chi connectivity index (χ2v) is 3.84. The lowest BCUT2D eigenvalue weighted by atomic mass is 10.2. The van der Waals surface area contributed by atoms with Crippen molar-refractivity contribution >= 4 is 41.5 Å². The third-order valence-electron chi connectivity index (χ3n) is 2.23. The van der Waals surface area contributed by atoms with Crippen LogP contribution < -0.4 is 10.6 Å². The van der Waals surface area contributed by atoms with Crippen molar-refractivity contribution in [2.45, 2.75) is 6.54 Å². The van der Waals surface area contributed by atoms with Gasteiger partial charge in [0.25, 0.3) is 0 Å². The number of aliphatic imine (C=N–C) groups is 1. The van der Waals surface area contributed by atoms with E-state index < -0.39 is 0 Å². The largest absolute Gasteiger partial charge is 0.383 e. The smallest absolute Gasteiger partial charge is 0.191 e. The molecule has 0 fully saturated rings. The van der Waals surface area contributed by atoms with E-state index in [1.165, 1.54) is 0 Å². The van der Waals surface area contributed by atoms with Gasteiger partial charge in [0.1, 0.15) is 0 Å². The predicted octanol–water partition coefficient (Wildman–Crippen LogP) is 2.27. The molecule has 0 aliphatic heterocycles. The average molecular weight is 384 g/mol. The summed E-state index contributed by atoms with van der Waals surface area (Å²) in [5.41, 5.74) is 1.05. The van der Waals surface area contributed by atoms with E-state index >= 15 is 0 Å². The molecule has 1 aromatic carbocycles. The van der Waals surface area contributed by atoms with Crippen molar-refractivity contribution in [2.75, 3.05) is 27.3 Å². The summed E-state index contributed by atoms with van der Waals surface area (Å²) in [6.07, 6.45) is 0. The molecule has 102 valence electrons. The highest BCUT2D eigenvalue weighted by atomic mass is 127. The summed E-state index contributed by atoms with van der Waals surface area (Å²) in [6, 6.07) is 7.74. The second-order valence-electron chi connectivity index (χ2n) is 3.44. The van der Waals surface area contributed by atoms with Crippen molar-refractivity contribution in [3.8, 4) is 0 Å². The molecule has 0 aliphatic carbocycles. The molecule has 1 rings (SSSR count). The van der Waals surface area contributed by atoms with Gasteiger partial charge in [0.05, 0.1) is 6.61 Å². The Morgan fingerprint density at radius 2 is 2.06 bits per heavy atom. The van der Waals surface area contributed by atoms with Gasteiger partial charge in [-0.25, -0.2) is 0 Å². The van der Waals surface area contributed by atoms with Crippen LogP contribution >= 0.6 is 35.6 Å². The maximum atomic E-state index is 6.06. The molecule has 0 amide bonds. The topological polar surface area (TPSA) is 45.7 Å². The van der Waals surface area contributed by atoms with E-state index in [2.05, 4.69) is 15.6 Å². The van der Waals surface area contributed by atoms with Gasteiger partial charge in [0.15, 0.2) is 5.96 Å². The van der Waals surface area contributed by atoms with Crippen LogP contribution in [-0.4, -0.2) is 33.3 Å². The first-order chi connectivity index (χ1) is 8.27. The maximum Gasteiger partial charge on any atom is 0.191 e. The molecule has 0 atom stereocenters. The molecule has 0 aliphatic rings. The van der Waals surface area contributed by atoms with E-state index in [9.17, 15) is 0 Å². The van der Waals surface area contributed by atoms with Gasteiger partial charge < -0.3 is 15.4 Å². The summed E-state index contributed by atoms with van der Waals surface area (Å²) in [7, 11) is 3.40. The Morgan fingerprint density at radius 1 is 1.33 bits per heavy atom. The van der Waals surface area contributed by atoms with Crippen LogP contribution in [-0.2, 0) is 11.3 Å². The summed E-state index contributed by atoms with van der Waals surface area (Å²) < 4.78 is 4.95. The van der Waals surface area contributed by atoms with Crippen LogP contribution in [0.5, 0.6) is 0 Å². The number of halogens is 2. The Labute approximate surface area is 130 Å². The molecule has 18 heavy (non-hydrogen) atoms. The van der Waals surface area contributed by atoms with Crippen molar-refractivity contribution in [1.29, 1.82) is 0 Å². The van der Waals surface area contributed by atoms with E-state index in [-0.39, 0.29) is 24.0 Å². The van der Waals surface area contributed by atoms with Gasteiger partial charge in [-0.3, -0.25) is 4.99 Å². The highest BCUT2D eigenvalue weighted by Crippen LogP contribution is 2.13. The zero-order valence-corrected chi connectivity index (χ0v) is 13.7. The SMILES string of the molecule is CN=C(NCCOC)NCc1ccccc1Cl.I. The van der Waals surface area contributed by atoms with Gasteiger partial charge in [0.2, 0.25) is 0 Å². The Bertz CT molecular complexity index is 374. The van der Waals surface area contributed by atoms with Gasteiger partial charge in [0, 0.05) is 32.3 Å². The number of guanidine groups is 1. The number of rotatable bonds is 5. The van der Waals surface area contributed by atoms with Gasteiger partial charge >= 0.3 is 0 Å². The first kappa shape index (κ1) is 17.5. The first-order valence-corrected chi connectivity index (χ1v) is 5.82. The molecule has 1 aromatic rings. The lowest BCUT2D eigenvalue weighted by Gasteiger charge is -2.12. The van der Waals surface area contributed by atoms with Gasteiger partial charge in [-0.15, -0.1) is 24.0 Å². The van der Waals surface area contributed by atoms with Gasteiger partial charge in [-0.1, -0.05) is 29.8 Å². The molecule has 0 saturated heterocycles. The predicted molar refractivity (Wildman–Crippen MR) is 86.9 cm³/mol. The van der Waals surface area contributed by atoms with Crippen molar-refractivity contribution in [1.82, 2.24) is 10.6 Å². The standard InChI is InChI=1S/C12H18ClN3O.HI/c1-14-12(15-7-8-17-2)16-9-10-5-3-4-6-11(10)13;/h3-6H,7-9H2,1-2H3,(H2,14,15,16);1H. The van der Waals surface area contributed by atoms with Crippen molar-refractivity contribution in [3.63, 3.8) is 0 Å². The molecular weight excluding hydrogens is 365 g/mol. The van der Waals surface area contributed by atoms with E-state index in [4.69, 9.17) is 16.3 Å². The van der Waals surface area contributed by atoms with E-state index in [0.29, 0.717) is 13.2 Å². The summed E-state index contributed by atoms with van der Waals surface area (Å²) in [5.74, 6) is 0.738. The molecule has 0 saturated carbocycles. The van der Waals surface area contributed by atoms with Crippen molar-refractivity contribution < 1.29 is 4.74 Å². The van der Waals surface area contributed by atoms with E-state index in [0.717, 1.165) is 23.1 Å². The number of hydrogen-bond acceptors (Lipinski definition) is 2. The van der Waals surface area contributed by atoms with Crippen molar-refractivity contribution in [2.24, 2.45) is 4.99 Å². The third-order valence-corrected chi connectivity index (χ3v) is 2.60. The maximum absolute atomic E-state index is 6.06. The fourth-order valence-corrected chi connectivity index (χ4v) is 1.52. The molecular formula is C12H19ClIN3O. The van der Waals surface area contributed by atoms with Gasteiger partial charge in [-0.2, -0.15) is 0 Å². The van der Waals surface area contributed by atoms with Crippen LogP contribution in [0.3, 0.4) is 0 Å². The zero-order valence-electron chi connectivity index (χ0n) is 10.6. The fourth-order valence-electron chi connectivity index (χ4n) is 1.31. The number of methoxy groups -OCH3 is 1. The lowest BCUT2D eigenvalue weighted by molar-refractivity contribution is 0.203. The summed E-state index contributed by atoms with van der Waals surface area (Å²) in [4.78, 5) is 4.10. The zero-order chi connectivity index (χ0) is 12.5. The number of hydrogen-bond donors (Lipinski definition) is 2. The normalized spacial score (nSPS) is 10.7. The van der Waals surface area contributed by atoms with Gasteiger partial charge in [-0.05, 0) is 11.6 Å². The number of ether oxygens (including phenoxy) is 1. The molecule has 6 heteroatoms. The number of nitrogens with one attached hydrogen (secondary N) is 2. The highest BCUT2D eigenvalue weighted by Gasteiger charge is 2.00. The Morgan fingerprint density at radius 3 is 2.67 bits per heavy atom. The van der Waals surface area contributed by atoms with Crippen molar-refractivity contribution in [3.05, 3.63) is 34.9 Å². The molecule has 0 aromatic heterocycles. The molecule has 4 nitrogen and oxygen atoms in total. The van der Waals surface area contributed by atoms with Crippen LogP contribution in [0.2, 0.25) is 5.02 Å². The molecule has 0 radical (unpaired) electrons. The quantitative estimate of drug-likeness (QED) is 0.355. The molecule has 0 unspecified atom stereocenters. The Balaban J connectivity index is 0.00000289. The fraction of sp³-hybridized carbons (Fsp3) is 0.417. The second kappa shape index (κ2) is 10.4. The monoisotopic (exact) mass is 383 g/mol. The average Bonchev–Trinajstić information content (AvgIpc) is 2.35. The Kier molecular flexibility index (Phi) is 10.1. The number of benzene rings is 1. The van der Waals surface area contributed by atoms with Crippen LogP contribution in [0.25, 0.3) is 0 Å². The minimum atomic E-state index is 0. The summed E-state index contributed by atoms with van der Waals surface area (Å²) in [5, 5.41) is 7.07. The van der Waals surface area contributed by atoms with E-state index in [1.807, 2.05) is 24.3 Å². The van der Waals surface area contributed by atoms with E-state index in [1.54, 1.807) is 14.2 Å². The molecule has 0 heterocycles. The third kappa shape index (κ3) is 6.42. The van der Waals surface area contributed by atoms with Crippen LogP contribution in [0.1, 0.15) is 5.56 Å². The molecule has 0 spiro atoms. The lowest BCUT2D eigenvalue weighted by Crippen LogP contribution is -2.38. The number of nitrogens with zero attached hydrogens (tertiary/aromatic N) is 1. The van der Waals surface area contributed by atoms with Crippen LogP contribution in [0.15, 0.2) is 29.3 Å². The summed E-state index contributed by atoms with van der Waals surface area (Å²) >= 11 is 6.06. The minimum Gasteiger partial charge on any atom is -0.383 e. The Hall–Kier alpha value is -0.530. The minimum absolute atomic E-state index is 0. The first-order valence-electron chi connectivity index (χ1n) is 5.44. The van der Waals surface area contributed by atoms with Crippen LogP contribution in [0.4, 0.5) is 0 Å². The molecule has 0 bridgehead atoms. The summed E-state index contributed by atoms with van der Waals surface area (Å²) in [6.45, 7) is 2.01. The highest BCUT2D eigenvalue weighted by molar-refractivity contribution is 14.0. The molecule has 2 N–H and O–H groups in total. The van der Waals surface area contributed by atoms with Crippen LogP contribution in [0, 0.1) is 0 Å².